The summed E-state index contributed by atoms with van der Waals surface area (Å²) in [7, 11) is 0. The largest absolute Gasteiger partial charge is 0.278 e. The van der Waals surface area contributed by atoms with Crippen LogP contribution in [0.5, 0.6) is 0 Å². The van der Waals surface area contributed by atoms with Gasteiger partial charge in [-0.3, -0.25) is 17.1 Å². The van der Waals surface area contributed by atoms with Crippen LogP contribution in [-0.2, 0) is 6.42 Å². The average Bonchev–Trinajstić information content (AvgIpc) is 3.04. The summed E-state index contributed by atoms with van der Waals surface area (Å²) in [4.78, 5) is 0. The molecule has 1 atom stereocenters. The van der Waals surface area contributed by atoms with Gasteiger partial charge < -0.3 is 0 Å². The second kappa shape index (κ2) is 15.0. The Hall–Kier alpha value is -3.99. The third-order valence-electron chi connectivity index (χ3n) is 7.30. The Morgan fingerprint density at radius 3 is 2.12 bits per heavy atom. The summed E-state index contributed by atoms with van der Waals surface area (Å²) in [5.74, 6) is 8.55. The SMILES string of the molecule is C=C1/C(=N\Nc2cccc3c(C4=CCC(C)c5ccccc54)cccc23)CCc2ccccc21.CC.CC.NN. The van der Waals surface area contributed by atoms with Crippen LogP contribution in [-0.4, -0.2) is 5.71 Å². The van der Waals surface area contributed by atoms with Gasteiger partial charge in [-0.25, -0.2) is 0 Å². The highest BCUT2D eigenvalue weighted by molar-refractivity contribution is 6.24. The standard InChI is InChI=1S/C32H28N2.2C2H6.H4N2/c1-21-17-19-29(26-12-6-5-10-24(21)26)27-13-7-15-30-28(27)14-8-16-32(30)34-33-31-20-18-23-9-3-4-11-25(23)22(31)2;3*1-2/h3-16,19,21,34H,2,17-18,20H2,1H3;2*1-2H3;1-2H2/b33-31-;;;. The fourth-order valence-corrected chi connectivity index (χ4v) is 5.44. The Balaban J connectivity index is 0.000000691. The number of nitrogens with two attached hydrogens (primary N) is 2. The van der Waals surface area contributed by atoms with Crippen molar-refractivity contribution in [2.24, 2.45) is 16.8 Å². The van der Waals surface area contributed by atoms with Gasteiger partial charge in [0.2, 0.25) is 0 Å². The van der Waals surface area contributed by atoms with E-state index in [1.807, 2.05) is 27.7 Å². The van der Waals surface area contributed by atoms with Crippen molar-refractivity contribution in [1.82, 2.24) is 0 Å². The summed E-state index contributed by atoms with van der Waals surface area (Å²) >= 11 is 0. The first-order valence-corrected chi connectivity index (χ1v) is 14.5. The van der Waals surface area contributed by atoms with Gasteiger partial charge in [0.25, 0.3) is 0 Å². The summed E-state index contributed by atoms with van der Waals surface area (Å²) < 4.78 is 0. The van der Waals surface area contributed by atoms with Crippen molar-refractivity contribution in [3.05, 3.63) is 125 Å². The van der Waals surface area contributed by atoms with Crippen LogP contribution in [0.25, 0.3) is 21.9 Å². The molecule has 4 nitrogen and oxygen atoms in total. The van der Waals surface area contributed by atoms with E-state index in [2.05, 4.69) is 122 Å². The Bertz CT molecular complexity index is 1500. The van der Waals surface area contributed by atoms with Crippen LogP contribution in [0.3, 0.4) is 0 Å². The normalized spacial score (nSPS) is 16.1. The first-order valence-electron chi connectivity index (χ1n) is 14.5. The molecule has 40 heavy (non-hydrogen) atoms. The molecule has 4 aromatic carbocycles. The molecule has 1 unspecified atom stereocenters. The van der Waals surface area contributed by atoms with Crippen LogP contribution in [0.1, 0.15) is 81.2 Å². The molecular weight excluding hydrogens is 488 g/mol. The van der Waals surface area contributed by atoms with E-state index >= 15 is 0 Å². The number of hydrogen-bond donors (Lipinski definition) is 3. The monoisotopic (exact) mass is 532 g/mol. The number of hydrazone groups is 1. The lowest BCUT2D eigenvalue weighted by atomic mass is 9.80. The molecule has 4 heteroatoms. The average molecular weight is 533 g/mol. The van der Waals surface area contributed by atoms with Crippen LogP contribution in [0.2, 0.25) is 0 Å². The minimum Gasteiger partial charge on any atom is -0.278 e. The van der Waals surface area contributed by atoms with Gasteiger partial charge in [0.1, 0.15) is 0 Å². The zero-order valence-electron chi connectivity index (χ0n) is 24.7. The highest BCUT2D eigenvalue weighted by atomic mass is 15.3. The lowest BCUT2D eigenvalue weighted by molar-refractivity contribution is 0.768. The van der Waals surface area contributed by atoms with Crippen molar-refractivity contribution >= 4 is 33.3 Å². The number of benzene rings is 4. The Kier molecular flexibility index (Phi) is 11.4. The summed E-state index contributed by atoms with van der Waals surface area (Å²) in [6.45, 7) is 14.6. The Labute approximate surface area is 240 Å². The van der Waals surface area contributed by atoms with Crippen molar-refractivity contribution in [2.45, 2.75) is 59.8 Å². The molecule has 0 bridgehead atoms. The minimum atomic E-state index is 0.553. The number of hydrogen-bond acceptors (Lipinski definition) is 4. The smallest absolute Gasteiger partial charge is 0.0682 e. The molecule has 0 aliphatic heterocycles. The molecule has 0 heterocycles. The molecule has 0 saturated heterocycles. The molecular formula is C36H44N4. The van der Waals surface area contributed by atoms with E-state index in [0.717, 1.165) is 36.2 Å². The molecule has 0 fully saturated rings. The van der Waals surface area contributed by atoms with E-state index in [0.29, 0.717) is 5.92 Å². The van der Waals surface area contributed by atoms with E-state index in [9.17, 15) is 0 Å². The van der Waals surface area contributed by atoms with E-state index in [1.165, 1.54) is 44.2 Å². The number of aryl methyl sites for hydroxylation is 1. The molecule has 6 rings (SSSR count). The number of allylic oxidation sites excluding steroid dienone is 2. The second-order valence-corrected chi connectivity index (χ2v) is 9.35. The van der Waals surface area contributed by atoms with Gasteiger partial charge in [-0.1, -0.05) is 126 Å². The predicted octanol–water partition coefficient (Wildman–Crippen LogP) is 9.08. The summed E-state index contributed by atoms with van der Waals surface area (Å²) in [5.41, 5.74) is 14.4. The first kappa shape index (κ1) is 30.6. The van der Waals surface area contributed by atoms with E-state index in [1.54, 1.807) is 0 Å². The zero-order valence-corrected chi connectivity index (χ0v) is 24.7. The van der Waals surface area contributed by atoms with Crippen LogP contribution < -0.4 is 17.1 Å². The van der Waals surface area contributed by atoms with Crippen LogP contribution in [0, 0.1) is 0 Å². The Morgan fingerprint density at radius 1 is 0.725 bits per heavy atom. The lowest BCUT2D eigenvalue weighted by Gasteiger charge is -2.24. The highest BCUT2D eigenvalue weighted by Gasteiger charge is 2.21. The van der Waals surface area contributed by atoms with Crippen LogP contribution in [0.15, 0.2) is 103 Å². The molecule has 0 saturated carbocycles. The van der Waals surface area contributed by atoms with E-state index in [4.69, 9.17) is 5.10 Å². The van der Waals surface area contributed by atoms with Gasteiger partial charge >= 0.3 is 0 Å². The van der Waals surface area contributed by atoms with E-state index in [-0.39, 0.29) is 0 Å². The molecule has 5 N–H and O–H groups in total. The molecule has 4 aromatic rings. The molecule has 0 amide bonds. The fraction of sp³-hybridized carbons (Fsp3) is 0.250. The summed E-state index contributed by atoms with van der Waals surface area (Å²) in [6.07, 6.45) is 5.38. The summed E-state index contributed by atoms with van der Waals surface area (Å²) in [6, 6.07) is 30.4. The number of hydrazine groups is 1. The van der Waals surface area contributed by atoms with Gasteiger partial charge in [-0.2, -0.15) is 5.10 Å². The van der Waals surface area contributed by atoms with Crippen LogP contribution in [0.4, 0.5) is 5.69 Å². The molecule has 0 spiro atoms. The van der Waals surface area contributed by atoms with Crippen LogP contribution >= 0.6 is 0 Å². The second-order valence-electron chi connectivity index (χ2n) is 9.35. The molecule has 2 aliphatic rings. The van der Waals surface area contributed by atoms with E-state index < -0.39 is 0 Å². The van der Waals surface area contributed by atoms with Gasteiger partial charge in [0, 0.05) is 5.39 Å². The van der Waals surface area contributed by atoms with Gasteiger partial charge in [0.15, 0.2) is 0 Å². The maximum atomic E-state index is 4.82. The number of anilines is 1. The number of nitrogens with one attached hydrogen (secondary N) is 1. The van der Waals surface area contributed by atoms with Gasteiger partial charge in [0.05, 0.1) is 11.4 Å². The van der Waals surface area contributed by atoms with Crippen molar-refractivity contribution in [1.29, 1.82) is 0 Å². The maximum absolute atomic E-state index is 4.82. The fourth-order valence-electron chi connectivity index (χ4n) is 5.44. The molecule has 2 aliphatic carbocycles. The maximum Gasteiger partial charge on any atom is 0.0682 e. The number of fused-ring (bicyclic) bond motifs is 3. The number of nitrogens with zero attached hydrogens (tertiary/aromatic N) is 1. The summed E-state index contributed by atoms with van der Waals surface area (Å²) in [5, 5.41) is 7.25. The topological polar surface area (TPSA) is 76.4 Å². The third-order valence-corrected chi connectivity index (χ3v) is 7.30. The Morgan fingerprint density at radius 2 is 1.35 bits per heavy atom. The lowest BCUT2D eigenvalue weighted by Crippen LogP contribution is -2.13. The molecule has 208 valence electrons. The molecule has 0 radical (unpaired) electrons. The molecule has 0 aromatic heterocycles. The highest BCUT2D eigenvalue weighted by Crippen LogP contribution is 2.40. The van der Waals surface area contributed by atoms with Crippen molar-refractivity contribution in [3.8, 4) is 0 Å². The first-order chi connectivity index (χ1) is 19.7. The van der Waals surface area contributed by atoms with Crippen molar-refractivity contribution in [3.63, 3.8) is 0 Å². The van der Waals surface area contributed by atoms with Crippen molar-refractivity contribution < 1.29 is 0 Å². The third kappa shape index (κ3) is 6.25. The van der Waals surface area contributed by atoms with Gasteiger partial charge in [-0.05, 0) is 75.6 Å². The number of rotatable bonds is 3. The quantitative estimate of drug-likeness (QED) is 0.182. The van der Waals surface area contributed by atoms with Gasteiger partial charge in [-0.15, -0.1) is 0 Å². The van der Waals surface area contributed by atoms with Crippen molar-refractivity contribution in [2.75, 3.05) is 5.43 Å². The zero-order chi connectivity index (χ0) is 29.1. The predicted molar refractivity (Wildman–Crippen MR) is 176 cm³/mol. The minimum absolute atomic E-state index is 0.553.